The number of aryl methyl sites for hydroxylation is 2. The van der Waals surface area contributed by atoms with Gasteiger partial charge in [-0.15, -0.1) is 0 Å². The molecular formula is C21H18FN5O2. The summed E-state index contributed by atoms with van der Waals surface area (Å²) >= 11 is 0. The highest BCUT2D eigenvalue weighted by Gasteiger charge is 2.18. The Morgan fingerprint density at radius 1 is 1.14 bits per heavy atom. The van der Waals surface area contributed by atoms with E-state index in [0.717, 1.165) is 5.56 Å². The predicted molar refractivity (Wildman–Crippen MR) is 104 cm³/mol. The van der Waals surface area contributed by atoms with Crippen molar-refractivity contribution in [1.82, 2.24) is 24.3 Å². The summed E-state index contributed by atoms with van der Waals surface area (Å²) in [5.41, 5.74) is 3.02. The molecule has 0 spiro atoms. The van der Waals surface area contributed by atoms with E-state index in [1.54, 1.807) is 36.0 Å². The van der Waals surface area contributed by atoms with Gasteiger partial charge in [0.1, 0.15) is 17.2 Å². The lowest BCUT2D eigenvalue weighted by Gasteiger charge is -2.10. The molecule has 0 aliphatic carbocycles. The molecule has 0 aliphatic rings. The maximum Gasteiger partial charge on any atom is 0.341 e. The van der Waals surface area contributed by atoms with Gasteiger partial charge in [0, 0.05) is 24.8 Å². The number of rotatable bonds is 6. The molecule has 29 heavy (non-hydrogen) atoms. The van der Waals surface area contributed by atoms with E-state index < -0.39 is 11.8 Å². The monoisotopic (exact) mass is 391 g/mol. The minimum Gasteiger partial charge on any atom is -0.462 e. The molecule has 4 heterocycles. The molecule has 0 atom stereocenters. The third-order valence-corrected chi connectivity index (χ3v) is 4.43. The van der Waals surface area contributed by atoms with Crippen LogP contribution in [0.5, 0.6) is 0 Å². The van der Waals surface area contributed by atoms with Crippen molar-refractivity contribution in [2.24, 2.45) is 0 Å². The molecule has 0 N–H and O–H groups in total. The zero-order valence-corrected chi connectivity index (χ0v) is 15.7. The van der Waals surface area contributed by atoms with Crippen LogP contribution in [0.2, 0.25) is 0 Å². The van der Waals surface area contributed by atoms with E-state index in [1.807, 2.05) is 12.1 Å². The first-order valence-corrected chi connectivity index (χ1v) is 9.20. The highest BCUT2D eigenvalue weighted by molar-refractivity contribution is 5.90. The van der Waals surface area contributed by atoms with Gasteiger partial charge in [0.15, 0.2) is 5.82 Å². The number of pyridine rings is 2. The number of nitrogens with zero attached hydrogens (tertiary/aromatic N) is 5. The van der Waals surface area contributed by atoms with E-state index in [1.165, 1.54) is 18.5 Å². The quantitative estimate of drug-likeness (QED) is 0.469. The third-order valence-electron chi connectivity index (χ3n) is 4.43. The second-order valence-corrected chi connectivity index (χ2v) is 6.35. The summed E-state index contributed by atoms with van der Waals surface area (Å²) in [5.74, 6) is -0.501. The zero-order valence-electron chi connectivity index (χ0n) is 15.7. The van der Waals surface area contributed by atoms with Crippen molar-refractivity contribution in [2.45, 2.75) is 19.8 Å². The van der Waals surface area contributed by atoms with Gasteiger partial charge in [-0.3, -0.25) is 9.38 Å². The van der Waals surface area contributed by atoms with Crippen LogP contribution in [0.25, 0.3) is 17.2 Å². The standard InChI is InChI=1S/C21H18FN5O2/c1-2-29-21(28)16-11-25-20(18-12-24-19-8-6-15(22)13-27(18)19)26-17(16)7-5-14-4-3-9-23-10-14/h3-4,6,8-13H,2,5,7H2,1H3. The second-order valence-electron chi connectivity index (χ2n) is 6.35. The Morgan fingerprint density at radius 2 is 2.03 bits per heavy atom. The molecule has 0 aliphatic heterocycles. The summed E-state index contributed by atoms with van der Waals surface area (Å²) < 4.78 is 20.4. The minimum atomic E-state index is -0.468. The molecule has 0 unspecified atom stereocenters. The van der Waals surface area contributed by atoms with Crippen LogP contribution in [-0.4, -0.2) is 36.9 Å². The SMILES string of the molecule is CCOC(=O)c1cnc(-c2cnc3ccc(F)cn23)nc1CCc1cccnc1. The van der Waals surface area contributed by atoms with Gasteiger partial charge in [-0.05, 0) is 43.5 Å². The van der Waals surface area contributed by atoms with Crippen LogP contribution >= 0.6 is 0 Å². The maximum atomic E-state index is 13.7. The smallest absolute Gasteiger partial charge is 0.341 e. The fourth-order valence-electron chi connectivity index (χ4n) is 3.04. The molecule has 0 saturated carbocycles. The molecular weight excluding hydrogens is 373 g/mol. The number of fused-ring (bicyclic) bond motifs is 1. The number of hydrogen-bond donors (Lipinski definition) is 0. The first kappa shape index (κ1) is 18.7. The Bertz CT molecular complexity index is 1160. The topological polar surface area (TPSA) is 82.3 Å². The summed E-state index contributed by atoms with van der Waals surface area (Å²) in [6, 6.07) is 6.75. The summed E-state index contributed by atoms with van der Waals surface area (Å²) in [6.45, 7) is 2.00. The summed E-state index contributed by atoms with van der Waals surface area (Å²) in [4.78, 5) is 29.6. The molecule has 146 valence electrons. The number of imidazole rings is 1. The van der Waals surface area contributed by atoms with Gasteiger partial charge >= 0.3 is 5.97 Å². The molecule has 4 aromatic heterocycles. The van der Waals surface area contributed by atoms with E-state index in [4.69, 9.17) is 4.74 Å². The molecule has 4 rings (SSSR count). The van der Waals surface area contributed by atoms with Crippen LogP contribution in [0, 0.1) is 5.82 Å². The molecule has 0 saturated heterocycles. The first-order valence-electron chi connectivity index (χ1n) is 9.20. The number of halogens is 1. The fraction of sp³-hybridized carbons (Fsp3) is 0.190. The lowest BCUT2D eigenvalue weighted by atomic mass is 10.1. The summed E-state index contributed by atoms with van der Waals surface area (Å²) in [6.07, 6.45) is 9.00. The van der Waals surface area contributed by atoms with Gasteiger partial charge in [-0.2, -0.15) is 0 Å². The highest BCUT2D eigenvalue weighted by atomic mass is 19.1. The fourth-order valence-corrected chi connectivity index (χ4v) is 3.04. The molecule has 0 radical (unpaired) electrons. The van der Waals surface area contributed by atoms with Crippen LogP contribution in [0.4, 0.5) is 4.39 Å². The van der Waals surface area contributed by atoms with E-state index >= 15 is 0 Å². The Kier molecular flexibility index (Phi) is 5.24. The number of aromatic nitrogens is 5. The number of carbonyl (C=O) groups excluding carboxylic acids is 1. The van der Waals surface area contributed by atoms with Gasteiger partial charge in [-0.25, -0.2) is 24.1 Å². The Hall–Kier alpha value is -3.68. The van der Waals surface area contributed by atoms with Crippen LogP contribution < -0.4 is 0 Å². The lowest BCUT2D eigenvalue weighted by molar-refractivity contribution is 0.0524. The number of hydrogen-bond acceptors (Lipinski definition) is 6. The molecule has 7 nitrogen and oxygen atoms in total. The largest absolute Gasteiger partial charge is 0.462 e. The molecule has 0 fully saturated rings. The van der Waals surface area contributed by atoms with Gasteiger partial charge in [-0.1, -0.05) is 6.07 Å². The normalized spacial score (nSPS) is 11.0. The molecule has 4 aromatic rings. The average Bonchev–Trinajstić information content (AvgIpc) is 3.16. The van der Waals surface area contributed by atoms with Crippen molar-refractivity contribution in [3.8, 4) is 11.5 Å². The van der Waals surface area contributed by atoms with Crippen molar-refractivity contribution < 1.29 is 13.9 Å². The van der Waals surface area contributed by atoms with Crippen molar-refractivity contribution >= 4 is 11.6 Å². The van der Waals surface area contributed by atoms with Gasteiger partial charge in [0.25, 0.3) is 0 Å². The first-order chi connectivity index (χ1) is 14.2. The number of ether oxygens (including phenoxy) is 1. The molecule has 0 aromatic carbocycles. The van der Waals surface area contributed by atoms with Crippen molar-refractivity contribution in [3.05, 3.63) is 77.9 Å². The third kappa shape index (κ3) is 3.96. The minimum absolute atomic E-state index is 0.259. The van der Waals surface area contributed by atoms with Crippen molar-refractivity contribution in [3.63, 3.8) is 0 Å². The maximum absolute atomic E-state index is 13.7. The lowest BCUT2D eigenvalue weighted by Crippen LogP contribution is -2.12. The van der Waals surface area contributed by atoms with Crippen LogP contribution in [-0.2, 0) is 17.6 Å². The number of esters is 1. The van der Waals surface area contributed by atoms with Crippen LogP contribution in [0.1, 0.15) is 28.5 Å². The van der Waals surface area contributed by atoms with Crippen LogP contribution in [0.3, 0.4) is 0 Å². The zero-order chi connectivity index (χ0) is 20.2. The molecule has 0 amide bonds. The van der Waals surface area contributed by atoms with E-state index in [0.29, 0.717) is 41.3 Å². The van der Waals surface area contributed by atoms with Gasteiger partial charge in [0.05, 0.1) is 24.1 Å². The van der Waals surface area contributed by atoms with E-state index in [-0.39, 0.29) is 6.61 Å². The van der Waals surface area contributed by atoms with E-state index in [2.05, 4.69) is 19.9 Å². The second kappa shape index (κ2) is 8.14. The Balaban J connectivity index is 1.73. The van der Waals surface area contributed by atoms with Crippen molar-refractivity contribution in [1.29, 1.82) is 0 Å². The summed E-state index contributed by atoms with van der Waals surface area (Å²) in [7, 11) is 0. The summed E-state index contributed by atoms with van der Waals surface area (Å²) in [5, 5.41) is 0. The van der Waals surface area contributed by atoms with Gasteiger partial charge in [0.2, 0.25) is 0 Å². The Morgan fingerprint density at radius 3 is 2.83 bits per heavy atom. The highest BCUT2D eigenvalue weighted by Crippen LogP contribution is 2.20. The Labute approximate surface area is 166 Å². The van der Waals surface area contributed by atoms with Crippen molar-refractivity contribution in [2.75, 3.05) is 6.61 Å². The average molecular weight is 391 g/mol. The molecule has 0 bridgehead atoms. The predicted octanol–water partition coefficient (Wildman–Crippen LogP) is 3.29. The van der Waals surface area contributed by atoms with Gasteiger partial charge < -0.3 is 4.74 Å². The number of carbonyl (C=O) groups is 1. The van der Waals surface area contributed by atoms with Crippen LogP contribution in [0.15, 0.2) is 55.2 Å². The molecule has 8 heteroatoms. The van der Waals surface area contributed by atoms with E-state index in [9.17, 15) is 9.18 Å².